The summed E-state index contributed by atoms with van der Waals surface area (Å²) in [6.45, 7) is 2.73. The lowest BCUT2D eigenvalue weighted by Crippen LogP contribution is -2.42. The molecule has 1 N–H and O–H groups in total. The topological polar surface area (TPSA) is 38.1 Å². The van der Waals surface area contributed by atoms with E-state index >= 15 is 0 Å². The fraction of sp³-hybridized carbons (Fsp3) is 0.400. The van der Waals surface area contributed by atoms with Gasteiger partial charge in [-0.3, -0.25) is 0 Å². The number of nitrogens with zero attached hydrogens (tertiary/aromatic N) is 1. The third-order valence-electron chi connectivity index (χ3n) is 3.39. The van der Waals surface area contributed by atoms with Crippen molar-refractivity contribution in [2.24, 2.45) is 0 Å². The molecular formula is C15H18N2OS. The minimum atomic E-state index is 0.623. The van der Waals surface area contributed by atoms with Crippen LogP contribution in [0.15, 0.2) is 45.8 Å². The maximum Gasteiger partial charge on any atom is 0.133 e. The van der Waals surface area contributed by atoms with Gasteiger partial charge in [-0.1, -0.05) is 23.4 Å². The van der Waals surface area contributed by atoms with Gasteiger partial charge < -0.3 is 9.84 Å². The van der Waals surface area contributed by atoms with Crippen LogP contribution in [0.2, 0.25) is 0 Å². The van der Waals surface area contributed by atoms with Gasteiger partial charge in [-0.05, 0) is 31.9 Å². The molecule has 1 aromatic heterocycles. The zero-order valence-electron chi connectivity index (χ0n) is 11.0. The van der Waals surface area contributed by atoms with E-state index in [9.17, 15) is 0 Å². The Bertz CT molecular complexity index is 520. The Hall–Kier alpha value is -1.26. The summed E-state index contributed by atoms with van der Waals surface area (Å²) in [6.07, 6.45) is 2.47. The van der Waals surface area contributed by atoms with Gasteiger partial charge in [0.2, 0.25) is 0 Å². The summed E-state index contributed by atoms with van der Waals surface area (Å²) < 4.78 is 5.05. The molecule has 0 aliphatic heterocycles. The van der Waals surface area contributed by atoms with E-state index in [0.29, 0.717) is 6.04 Å². The molecule has 0 saturated heterocycles. The first-order valence-corrected chi connectivity index (χ1v) is 7.55. The first-order valence-electron chi connectivity index (χ1n) is 6.67. The maximum atomic E-state index is 5.05. The van der Waals surface area contributed by atoms with Crippen LogP contribution < -0.4 is 5.32 Å². The third kappa shape index (κ3) is 3.39. The predicted molar refractivity (Wildman–Crippen MR) is 77.2 cm³/mol. The van der Waals surface area contributed by atoms with Gasteiger partial charge in [0.1, 0.15) is 5.76 Å². The summed E-state index contributed by atoms with van der Waals surface area (Å²) in [5.74, 6) is 0.878. The van der Waals surface area contributed by atoms with E-state index in [-0.39, 0.29) is 0 Å². The molecule has 0 atom stereocenters. The van der Waals surface area contributed by atoms with Gasteiger partial charge in [0.05, 0.1) is 5.69 Å². The fourth-order valence-electron chi connectivity index (χ4n) is 2.27. The van der Waals surface area contributed by atoms with Crippen LogP contribution in [0.25, 0.3) is 0 Å². The van der Waals surface area contributed by atoms with Crippen molar-refractivity contribution in [2.75, 3.05) is 0 Å². The molecule has 0 spiro atoms. The number of hydrogen-bond donors (Lipinski definition) is 1. The number of rotatable bonds is 5. The minimum absolute atomic E-state index is 0.623. The van der Waals surface area contributed by atoms with Crippen LogP contribution in [0.5, 0.6) is 0 Å². The molecule has 2 aromatic rings. The van der Waals surface area contributed by atoms with Crippen LogP contribution in [0, 0.1) is 6.92 Å². The van der Waals surface area contributed by atoms with Gasteiger partial charge >= 0.3 is 0 Å². The van der Waals surface area contributed by atoms with E-state index in [4.69, 9.17) is 4.52 Å². The lowest BCUT2D eigenvalue weighted by atomic mass is 9.92. The standard InChI is InChI=1S/C15H18N2OS/c1-11-7-13(17-18-11)10-16-12-8-15(9-12)19-14-5-3-2-4-6-14/h2-7,12,15-16H,8-10H2,1H3. The Morgan fingerprint density at radius 1 is 1.32 bits per heavy atom. The molecule has 1 fully saturated rings. The number of hydrogen-bond acceptors (Lipinski definition) is 4. The van der Waals surface area contributed by atoms with E-state index in [1.165, 1.54) is 17.7 Å². The second kappa shape index (κ2) is 5.80. The number of thioether (sulfide) groups is 1. The Morgan fingerprint density at radius 3 is 2.79 bits per heavy atom. The quantitative estimate of drug-likeness (QED) is 0.907. The van der Waals surface area contributed by atoms with Gasteiger partial charge in [-0.15, -0.1) is 11.8 Å². The highest BCUT2D eigenvalue weighted by molar-refractivity contribution is 8.00. The van der Waals surface area contributed by atoms with E-state index in [0.717, 1.165) is 23.2 Å². The van der Waals surface area contributed by atoms with Crippen molar-refractivity contribution in [3.63, 3.8) is 0 Å². The fourth-order valence-corrected chi connectivity index (χ4v) is 3.63. The van der Waals surface area contributed by atoms with Crippen molar-refractivity contribution in [2.45, 2.75) is 42.5 Å². The number of aromatic nitrogens is 1. The summed E-state index contributed by atoms with van der Waals surface area (Å²) in [5, 5.41) is 8.27. The summed E-state index contributed by atoms with van der Waals surface area (Å²) in [5.41, 5.74) is 0.997. The number of nitrogens with one attached hydrogen (secondary N) is 1. The van der Waals surface area contributed by atoms with Crippen LogP contribution >= 0.6 is 11.8 Å². The van der Waals surface area contributed by atoms with Gasteiger partial charge in [0.25, 0.3) is 0 Å². The molecule has 0 radical (unpaired) electrons. The molecule has 1 aliphatic rings. The van der Waals surface area contributed by atoms with Gasteiger partial charge in [-0.2, -0.15) is 0 Å². The molecule has 19 heavy (non-hydrogen) atoms. The van der Waals surface area contributed by atoms with Gasteiger partial charge in [-0.25, -0.2) is 0 Å². The lowest BCUT2D eigenvalue weighted by molar-refractivity contribution is 0.339. The van der Waals surface area contributed by atoms with Gasteiger partial charge in [0.15, 0.2) is 0 Å². The molecule has 4 heteroatoms. The summed E-state index contributed by atoms with van der Waals surface area (Å²) in [6, 6.07) is 13.2. The average Bonchev–Trinajstić information content (AvgIpc) is 2.79. The van der Waals surface area contributed by atoms with Crippen molar-refractivity contribution in [1.29, 1.82) is 0 Å². The van der Waals surface area contributed by atoms with E-state index in [1.54, 1.807) is 0 Å². The zero-order valence-corrected chi connectivity index (χ0v) is 11.8. The third-order valence-corrected chi connectivity index (χ3v) is 4.65. The van der Waals surface area contributed by atoms with E-state index in [1.807, 2.05) is 24.8 Å². The molecule has 100 valence electrons. The molecular weight excluding hydrogens is 256 g/mol. The molecule has 1 saturated carbocycles. The van der Waals surface area contributed by atoms with Crippen LogP contribution in [0.4, 0.5) is 0 Å². The van der Waals surface area contributed by atoms with Crippen LogP contribution in [-0.2, 0) is 6.54 Å². The molecule has 0 amide bonds. The molecule has 1 aromatic carbocycles. The normalized spacial score (nSPS) is 22.2. The van der Waals surface area contributed by atoms with Crippen LogP contribution in [-0.4, -0.2) is 16.4 Å². The minimum Gasteiger partial charge on any atom is -0.361 e. The molecule has 1 heterocycles. The second-order valence-electron chi connectivity index (χ2n) is 5.03. The van der Waals surface area contributed by atoms with Crippen molar-refractivity contribution < 1.29 is 4.52 Å². The van der Waals surface area contributed by atoms with Crippen molar-refractivity contribution in [3.8, 4) is 0 Å². The smallest absolute Gasteiger partial charge is 0.133 e. The van der Waals surface area contributed by atoms with Crippen molar-refractivity contribution in [1.82, 2.24) is 10.5 Å². The number of aryl methyl sites for hydroxylation is 1. The largest absolute Gasteiger partial charge is 0.361 e. The summed E-state index contributed by atoms with van der Waals surface area (Å²) in [4.78, 5) is 1.37. The highest BCUT2D eigenvalue weighted by Gasteiger charge is 2.29. The van der Waals surface area contributed by atoms with Gasteiger partial charge in [0, 0.05) is 28.8 Å². The molecule has 3 rings (SSSR count). The highest BCUT2D eigenvalue weighted by Crippen LogP contribution is 2.36. The lowest BCUT2D eigenvalue weighted by Gasteiger charge is -2.35. The Balaban J connectivity index is 1.39. The number of benzene rings is 1. The summed E-state index contributed by atoms with van der Waals surface area (Å²) >= 11 is 1.99. The Morgan fingerprint density at radius 2 is 2.11 bits per heavy atom. The van der Waals surface area contributed by atoms with E-state index < -0.39 is 0 Å². The summed E-state index contributed by atoms with van der Waals surface area (Å²) in [7, 11) is 0. The van der Waals surface area contributed by atoms with Crippen molar-refractivity contribution >= 4 is 11.8 Å². The molecule has 0 unspecified atom stereocenters. The zero-order chi connectivity index (χ0) is 13.1. The molecule has 0 bridgehead atoms. The molecule has 3 nitrogen and oxygen atoms in total. The SMILES string of the molecule is Cc1cc(CNC2CC(Sc3ccccc3)C2)no1. The Labute approximate surface area is 117 Å². The average molecular weight is 274 g/mol. The first-order chi connectivity index (χ1) is 9.29. The maximum absolute atomic E-state index is 5.05. The second-order valence-corrected chi connectivity index (χ2v) is 6.40. The van der Waals surface area contributed by atoms with Crippen LogP contribution in [0.1, 0.15) is 24.3 Å². The Kier molecular flexibility index (Phi) is 3.89. The van der Waals surface area contributed by atoms with E-state index in [2.05, 4.69) is 40.8 Å². The van der Waals surface area contributed by atoms with Crippen molar-refractivity contribution in [3.05, 3.63) is 47.9 Å². The van der Waals surface area contributed by atoms with Crippen LogP contribution in [0.3, 0.4) is 0 Å². The first kappa shape index (κ1) is 12.8. The molecule has 1 aliphatic carbocycles. The predicted octanol–water partition coefficient (Wildman–Crippen LogP) is 3.40. The highest BCUT2D eigenvalue weighted by atomic mass is 32.2. The monoisotopic (exact) mass is 274 g/mol.